The minimum atomic E-state index is -1.79. The largest absolute Gasteiger partial charge is 0.396 e. The molecule has 0 amide bonds. The van der Waals surface area contributed by atoms with Crippen LogP contribution >= 0.6 is 0 Å². The van der Waals surface area contributed by atoms with Crippen LogP contribution in [0.3, 0.4) is 0 Å². The highest BCUT2D eigenvalue weighted by Crippen LogP contribution is 2.75. The van der Waals surface area contributed by atoms with Gasteiger partial charge in [0.25, 0.3) is 0 Å². The minimum Gasteiger partial charge on any atom is -0.396 e. The summed E-state index contributed by atoms with van der Waals surface area (Å²) in [5.74, 6) is -0.457. The molecule has 18 nitrogen and oxygen atoms in total. The molecule has 18 heteroatoms. The van der Waals surface area contributed by atoms with E-state index in [9.17, 15) is 61.0 Å². The Kier molecular flexibility index (Phi) is 13.8. The summed E-state index contributed by atoms with van der Waals surface area (Å²) in [5.41, 5.74) is -1.72. The van der Waals surface area contributed by atoms with Crippen LogP contribution in [0.5, 0.6) is 0 Å². The van der Waals surface area contributed by atoms with Crippen molar-refractivity contribution < 1.29 is 89.4 Å². The molecule has 4 saturated carbocycles. The fraction of sp³-hybridized carbons (Fsp3) is 0.938. The average Bonchev–Trinajstić information content (AvgIpc) is 3.25. The van der Waals surface area contributed by atoms with Crippen LogP contribution in [-0.4, -0.2) is 186 Å². The zero-order valence-corrected chi connectivity index (χ0v) is 39.7. The zero-order chi connectivity index (χ0) is 48.4. The molecule has 3 heterocycles. The minimum absolute atomic E-state index is 0.00893. The number of ketones is 1. The summed E-state index contributed by atoms with van der Waals surface area (Å²) >= 11 is 0. The number of carbonyl (C=O) groups excluding carboxylic acids is 1. The molecule has 0 unspecified atom stereocenters. The highest BCUT2D eigenvalue weighted by Gasteiger charge is 2.72. The standard InChI is InChI=1S/C48H78O18/c1-21-30(53)32(55)36(59)41(62-21)66-38-26(19-61-40-35(58)33(56)31(54)25(18-49)63-40)64-42(37(60)34(38)57)65-29-10-11-45(6)27(44(29,4)5)9-12-46(7)39(45)24(51)15-22-23-16-43(2,3)13-14-48(23,20-50)28(52)17-47(22,46)8/h15,21,23,25-42,49-50,52-60H,9-14,16-20H2,1-8H3/t21-,23-,25+,26+,27-,28+,29-,30-,31+,32+,33-,34+,35+,36+,37+,38+,39+,40+,41-,42-,45-,46+,47+,48+/m0/s1. The number of carbonyl (C=O) groups is 1. The van der Waals surface area contributed by atoms with Gasteiger partial charge in [0.15, 0.2) is 24.7 Å². The molecule has 7 fully saturated rings. The van der Waals surface area contributed by atoms with Crippen LogP contribution in [0.4, 0.5) is 0 Å². The van der Waals surface area contributed by atoms with E-state index in [0.29, 0.717) is 32.1 Å². The van der Waals surface area contributed by atoms with Gasteiger partial charge in [0, 0.05) is 11.3 Å². The van der Waals surface area contributed by atoms with Crippen LogP contribution in [-0.2, 0) is 33.2 Å². The molecule has 8 rings (SSSR count). The molecule has 5 aliphatic carbocycles. The third kappa shape index (κ3) is 7.83. The monoisotopic (exact) mass is 943 g/mol. The van der Waals surface area contributed by atoms with Crippen molar-refractivity contribution in [3.63, 3.8) is 0 Å². The van der Waals surface area contributed by atoms with Gasteiger partial charge in [0.05, 0.1) is 38.1 Å². The molecule has 0 spiro atoms. The number of hydrogen-bond acceptors (Lipinski definition) is 18. The third-order valence-electron chi connectivity index (χ3n) is 19.2. The van der Waals surface area contributed by atoms with Crippen molar-refractivity contribution in [1.82, 2.24) is 0 Å². The smallest absolute Gasteiger partial charge is 0.187 e. The molecule has 3 saturated heterocycles. The van der Waals surface area contributed by atoms with E-state index in [0.717, 1.165) is 24.8 Å². The predicted octanol–water partition coefficient (Wildman–Crippen LogP) is -0.209. The summed E-state index contributed by atoms with van der Waals surface area (Å²) in [5, 5.41) is 119. The maximum Gasteiger partial charge on any atom is 0.187 e. The van der Waals surface area contributed by atoms with Gasteiger partial charge in [-0.2, -0.15) is 0 Å². The van der Waals surface area contributed by atoms with E-state index in [1.54, 1.807) is 0 Å². The van der Waals surface area contributed by atoms with Crippen molar-refractivity contribution in [3.05, 3.63) is 11.6 Å². The number of fused-ring (bicyclic) bond motifs is 7. The third-order valence-corrected chi connectivity index (χ3v) is 19.2. The van der Waals surface area contributed by atoms with Crippen LogP contribution in [0.25, 0.3) is 0 Å². The van der Waals surface area contributed by atoms with Gasteiger partial charge in [0.2, 0.25) is 0 Å². The lowest BCUT2D eigenvalue weighted by molar-refractivity contribution is -0.373. The Labute approximate surface area is 387 Å². The first-order valence-corrected chi connectivity index (χ1v) is 24.2. The van der Waals surface area contributed by atoms with Crippen molar-refractivity contribution in [2.24, 2.45) is 50.2 Å². The Morgan fingerprint density at radius 2 is 1.29 bits per heavy atom. The van der Waals surface area contributed by atoms with E-state index in [4.69, 9.17) is 28.4 Å². The second-order valence-electron chi connectivity index (χ2n) is 23.6. The SMILES string of the molecule is C[C@@H]1O[C@@H](O[C@H]2[C@H](O)[C@@H](O)[C@H](O[C@H]3CC[C@]4(C)[C@H]5C(=O)C=C6[C@@H]7CC(C)(C)CC[C@]7(CO)[C@H](O)C[C@@]6(C)[C@]5(C)CC[C@H]4C3(C)C)O[C@@H]2CO[C@@H]2O[C@H](CO)[C@@H](O)[C@H](O)[C@H]2O)[C@H](O)[C@H](O)[C@H]1O. The Balaban J connectivity index is 1.04. The highest BCUT2D eigenvalue weighted by atomic mass is 16.8. The van der Waals surface area contributed by atoms with Crippen molar-refractivity contribution in [3.8, 4) is 0 Å². The summed E-state index contributed by atoms with van der Waals surface area (Å²) in [4.78, 5) is 15.0. The van der Waals surface area contributed by atoms with E-state index in [1.165, 1.54) is 6.92 Å². The molecule has 24 atom stereocenters. The first-order chi connectivity index (χ1) is 30.7. The summed E-state index contributed by atoms with van der Waals surface area (Å²) in [6, 6.07) is 0. The lowest BCUT2D eigenvalue weighted by Gasteiger charge is -2.71. The molecule has 0 aromatic carbocycles. The molecule has 0 aromatic rings. The number of rotatable bonds is 9. The fourth-order valence-electron chi connectivity index (χ4n) is 14.9. The van der Waals surface area contributed by atoms with Gasteiger partial charge in [-0.3, -0.25) is 4.79 Å². The molecule has 0 radical (unpaired) electrons. The van der Waals surface area contributed by atoms with Crippen molar-refractivity contribution >= 4 is 5.78 Å². The van der Waals surface area contributed by atoms with E-state index in [2.05, 4.69) is 48.5 Å². The first-order valence-electron chi connectivity index (χ1n) is 24.2. The van der Waals surface area contributed by atoms with Gasteiger partial charge in [-0.1, -0.05) is 54.0 Å². The highest BCUT2D eigenvalue weighted by molar-refractivity contribution is 5.95. The Morgan fingerprint density at radius 3 is 1.95 bits per heavy atom. The summed E-state index contributed by atoms with van der Waals surface area (Å²) in [6.07, 6.45) is -17.6. The molecular weight excluding hydrogens is 865 g/mol. The molecule has 11 N–H and O–H groups in total. The van der Waals surface area contributed by atoms with E-state index < -0.39 is 145 Å². The first kappa shape index (κ1) is 51.1. The molecular formula is C48H78O18. The maximum atomic E-state index is 15.0. The molecule has 0 bridgehead atoms. The second kappa shape index (κ2) is 17.8. The molecule has 66 heavy (non-hydrogen) atoms. The second-order valence-corrected chi connectivity index (χ2v) is 23.6. The molecule has 3 aliphatic heterocycles. The normalized spacial score (nSPS) is 54.6. The van der Waals surface area contributed by atoms with Crippen LogP contribution in [0.15, 0.2) is 11.6 Å². The number of ether oxygens (including phenoxy) is 6. The summed E-state index contributed by atoms with van der Waals surface area (Å²) in [7, 11) is 0. The van der Waals surface area contributed by atoms with Crippen LogP contribution in [0.1, 0.15) is 107 Å². The van der Waals surface area contributed by atoms with E-state index >= 15 is 0 Å². The number of aliphatic hydroxyl groups is 11. The lowest BCUT2D eigenvalue weighted by Crippen LogP contribution is -2.69. The van der Waals surface area contributed by atoms with Gasteiger partial charge in [-0.15, -0.1) is 0 Å². The number of hydrogen-bond donors (Lipinski definition) is 11. The lowest BCUT2D eigenvalue weighted by atomic mass is 9.33. The summed E-state index contributed by atoms with van der Waals surface area (Å²) < 4.78 is 36.1. The van der Waals surface area contributed by atoms with Gasteiger partial charge in [-0.25, -0.2) is 0 Å². The van der Waals surface area contributed by atoms with Gasteiger partial charge < -0.3 is 84.6 Å². The van der Waals surface area contributed by atoms with Gasteiger partial charge in [-0.05, 0) is 103 Å². The number of aliphatic hydroxyl groups excluding tert-OH is 11. The van der Waals surface area contributed by atoms with Gasteiger partial charge in [0.1, 0.15) is 67.1 Å². The quantitative estimate of drug-likeness (QED) is 0.133. The van der Waals surface area contributed by atoms with E-state index in [-0.39, 0.29) is 35.6 Å². The van der Waals surface area contributed by atoms with Crippen LogP contribution in [0.2, 0.25) is 0 Å². The Hall–Kier alpha value is -1.27. The van der Waals surface area contributed by atoms with Crippen LogP contribution < -0.4 is 0 Å². The number of allylic oxidation sites excluding steroid dienone is 2. The maximum absolute atomic E-state index is 15.0. The molecule has 0 aromatic heterocycles. The van der Waals surface area contributed by atoms with E-state index in [1.807, 2.05) is 6.08 Å². The Bertz CT molecular complexity index is 1810. The predicted molar refractivity (Wildman–Crippen MR) is 230 cm³/mol. The topological polar surface area (TPSA) is 295 Å². The average molecular weight is 943 g/mol. The fourth-order valence-corrected chi connectivity index (χ4v) is 14.9. The molecule has 378 valence electrons. The Morgan fingerprint density at radius 1 is 0.667 bits per heavy atom. The van der Waals surface area contributed by atoms with Crippen molar-refractivity contribution in [1.29, 1.82) is 0 Å². The van der Waals surface area contributed by atoms with Gasteiger partial charge >= 0.3 is 0 Å². The zero-order valence-electron chi connectivity index (χ0n) is 39.7. The molecule has 8 aliphatic rings. The summed E-state index contributed by atoms with van der Waals surface area (Å²) in [6.45, 7) is 15.4. The van der Waals surface area contributed by atoms with Crippen molar-refractivity contribution in [2.45, 2.75) is 211 Å². The van der Waals surface area contributed by atoms with Crippen LogP contribution in [0, 0.1) is 50.2 Å². The van der Waals surface area contributed by atoms with Crippen molar-refractivity contribution in [2.75, 3.05) is 19.8 Å².